The number of carbonyl (C=O) groups is 1. The van der Waals surface area contributed by atoms with Crippen LogP contribution in [-0.2, 0) is 11.2 Å². The molecule has 1 aromatic rings. The number of aryl methyl sites for hydroxylation is 1. The average molecular weight is 272 g/mol. The van der Waals surface area contributed by atoms with Crippen LogP contribution in [-0.4, -0.2) is 12.5 Å². The number of nitrogens with one attached hydrogen (secondary N) is 1. The van der Waals surface area contributed by atoms with E-state index in [-0.39, 0.29) is 17.9 Å². The van der Waals surface area contributed by atoms with Gasteiger partial charge >= 0.3 is 0 Å². The maximum Gasteiger partial charge on any atom is 0.223 e. The number of nitrogens with two attached hydrogens (primary N) is 1. The highest BCUT2D eigenvalue weighted by atomic mass is 16.2. The topological polar surface area (TPSA) is 55.1 Å². The van der Waals surface area contributed by atoms with E-state index in [9.17, 15) is 4.79 Å². The van der Waals surface area contributed by atoms with Gasteiger partial charge in [-0.15, -0.1) is 0 Å². The third-order valence-corrected chi connectivity index (χ3v) is 4.98. The Kier molecular flexibility index (Phi) is 4.06. The molecule has 0 spiro atoms. The normalized spacial score (nSPS) is 28.9. The number of hydrogen-bond donors (Lipinski definition) is 2. The Morgan fingerprint density at radius 3 is 2.90 bits per heavy atom. The molecule has 0 aromatic heterocycles. The third kappa shape index (κ3) is 2.59. The molecule has 1 amide bonds. The second kappa shape index (κ2) is 5.96. The maximum absolute atomic E-state index is 12.5. The van der Waals surface area contributed by atoms with Crippen LogP contribution in [0, 0.1) is 11.8 Å². The van der Waals surface area contributed by atoms with E-state index in [1.54, 1.807) is 0 Å². The lowest BCUT2D eigenvalue weighted by atomic mass is 9.87. The SMILES string of the molecule is NC[C@H]1CCC[C@H]1C(=O)NC1CCCc2ccccc21. The van der Waals surface area contributed by atoms with Crippen LogP contribution in [0.3, 0.4) is 0 Å². The zero-order chi connectivity index (χ0) is 13.9. The van der Waals surface area contributed by atoms with Crippen molar-refractivity contribution in [2.24, 2.45) is 17.6 Å². The lowest BCUT2D eigenvalue weighted by Gasteiger charge is -2.28. The quantitative estimate of drug-likeness (QED) is 0.888. The monoisotopic (exact) mass is 272 g/mol. The van der Waals surface area contributed by atoms with Crippen molar-refractivity contribution in [1.29, 1.82) is 0 Å². The molecule has 0 heterocycles. The summed E-state index contributed by atoms with van der Waals surface area (Å²) in [6.07, 6.45) is 6.60. The van der Waals surface area contributed by atoms with E-state index < -0.39 is 0 Å². The molecule has 1 unspecified atom stereocenters. The van der Waals surface area contributed by atoms with Crippen molar-refractivity contribution in [3.63, 3.8) is 0 Å². The van der Waals surface area contributed by atoms with E-state index >= 15 is 0 Å². The number of fused-ring (bicyclic) bond motifs is 1. The Labute approximate surface area is 120 Å². The van der Waals surface area contributed by atoms with Gasteiger partial charge in [0.25, 0.3) is 0 Å². The van der Waals surface area contributed by atoms with Gasteiger partial charge in [0.1, 0.15) is 0 Å². The molecular formula is C17H24N2O. The number of carbonyl (C=O) groups excluding carboxylic acids is 1. The summed E-state index contributed by atoms with van der Waals surface area (Å²) in [5.74, 6) is 0.738. The third-order valence-electron chi connectivity index (χ3n) is 4.98. The van der Waals surface area contributed by atoms with Gasteiger partial charge in [0, 0.05) is 5.92 Å². The molecule has 0 radical (unpaired) electrons. The molecule has 3 rings (SSSR count). The zero-order valence-electron chi connectivity index (χ0n) is 12.0. The van der Waals surface area contributed by atoms with E-state index in [0.29, 0.717) is 12.5 Å². The van der Waals surface area contributed by atoms with Crippen LogP contribution in [0.2, 0.25) is 0 Å². The van der Waals surface area contributed by atoms with E-state index in [1.807, 2.05) is 0 Å². The molecule has 2 aliphatic rings. The smallest absolute Gasteiger partial charge is 0.223 e. The van der Waals surface area contributed by atoms with Crippen LogP contribution in [0.4, 0.5) is 0 Å². The Morgan fingerprint density at radius 1 is 1.20 bits per heavy atom. The molecule has 3 N–H and O–H groups in total. The second-order valence-corrected chi connectivity index (χ2v) is 6.19. The first-order valence-electron chi connectivity index (χ1n) is 7.88. The Bertz CT molecular complexity index is 486. The highest BCUT2D eigenvalue weighted by Gasteiger charge is 2.33. The molecule has 1 saturated carbocycles. The van der Waals surface area contributed by atoms with Crippen LogP contribution in [0.5, 0.6) is 0 Å². The van der Waals surface area contributed by atoms with Crippen LogP contribution in [0.25, 0.3) is 0 Å². The summed E-state index contributed by atoms with van der Waals surface area (Å²) in [7, 11) is 0. The summed E-state index contributed by atoms with van der Waals surface area (Å²) in [5, 5.41) is 3.29. The predicted molar refractivity (Wildman–Crippen MR) is 80.1 cm³/mol. The second-order valence-electron chi connectivity index (χ2n) is 6.19. The molecule has 0 aliphatic heterocycles. The molecule has 1 fully saturated rings. The van der Waals surface area contributed by atoms with E-state index in [2.05, 4.69) is 29.6 Å². The number of rotatable bonds is 3. The molecular weight excluding hydrogens is 248 g/mol. The highest BCUT2D eigenvalue weighted by Crippen LogP contribution is 2.34. The van der Waals surface area contributed by atoms with Crippen molar-refractivity contribution in [1.82, 2.24) is 5.32 Å². The Balaban J connectivity index is 1.71. The lowest BCUT2D eigenvalue weighted by molar-refractivity contribution is -0.126. The minimum absolute atomic E-state index is 0.133. The molecule has 3 heteroatoms. The summed E-state index contributed by atoms with van der Waals surface area (Å²) in [6, 6.07) is 8.71. The number of amides is 1. The molecule has 3 atom stereocenters. The highest BCUT2D eigenvalue weighted by molar-refractivity contribution is 5.79. The summed E-state index contributed by atoms with van der Waals surface area (Å²) in [4.78, 5) is 12.5. The first-order valence-corrected chi connectivity index (χ1v) is 7.88. The lowest BCUT2D eigenvalue weighted by Crippen LogP contribution is -2.38. The average Bonchev–Trinajstić information content (AvgIpc) is 2.96. The predicted octanol–water partition coefficient (Wildman–Crippen LogP) is 2.56. The largest absolute Gasteiger partial charge is 0.349 e. The van der Waals surface area contributed by atoms with Crippen molar-refractivity contribution in [3.8, 4) is 0 Å². The molecule has 0 saturated heterocycles. The summed E-state index contributed by atoms with van der Waals surface area (Å²) in [5.41, 5.74) is 8.50. The molecule has 1 aromatic carbocycles. The summed E-state index contributed by atoms with van der Waals surface area (Å²) < 4.78 is 0. The van der Waals surface area contributed by atoms with Crippen LogP contribution < -0.4 is 11.1 Å². The standard InChI is InChI=1S/C17H24N2O/c18-11-13-7-3-9-15(13)17(20)19-16-10-4-6-12-5-1-2-8-14(12)16/h1-2,5,8,13,15-16H,3-4,6-7,9-11,18H2,(H,19,20)/t13-,15-,16?/m1/s1. The van der Waals surface area contributed by atoms with Crippen LogP contribution in [0.1, 0.15) is 49.3 Å². The van der Waals surface area contributed by atoms with E-state index in [4.69, 9.17) is 5.73 Å². The minimum Gasteiger partial charge on any atom is -0.349 e. The van der Waals surface area contributed by atoms with Gasteiger partial charge in [-0.1, -0.05) is 30.7 Å². The number of hydrogen-bond acceptors (Lipinski definition) is 2. The number of benzene rings is 1. The van der Waals surface area contributed by atoms with Gasteiger partial charge in [0.05, 0.1) is 6.04 Å². The first kappa shape index (κ1) is 13.6. The van der Waals surface area contributed by atoms with Crippen molar-refractivity contribution >= 4 is 5.91 Å². The van der Waals surface area contributed by atoms with Crippen LogP contribution in [0.15, 0.2) is 24.3 Å². The van der Waals surface area contributed by atoms with Gasteiger partial charge in [-0.2, -0.15) is 0 Å². The van der Waals surface area contributed by atoms with Crippen molar-refractivity contribution < 1.29 is 4.79 Å². The fourth-order valence-electron chi connectivity index (χ4n) is 3.85. The van der Waals surface area contributed by atoms with Gasteiger partial charge in [-0.3, -0.25) is 4.79 Å². The summed E-state index contributed by atoms with van der Waals surface area (Å²) in [6.45, 7) is 0.638. The molecule has 108 valence electrons. The van der Waals surface area contributed by atoms with Gasteiger partial charge in [0.2, 0.25) is 5.91 Å². The van der Waals surface area contributed by atoms with Gasteiger partial charge < -0.3 is 11.1 Å². The van der Waals surface area contributed by atoms with Crippen molar-refractivity contribution in [2.75, 3.05) is 6.54 Å². The maximum atomic E-state index is 12.5. The fraction of sp³-hybridized carbons (Fsp3) is 0.588. The molecule has 0 bridgehead atoms. The van der Waals surface area contributed by atoms with Crippen molar-refractivity contribution in [2.45, 2.75) is 44.6 Å². The molecule has 2 aliphatic carbocycles. The van der Waals surface area contributed by atoms with Gasteiger partial charge in [-0.25, -0.2) is 0 Å². The Hall–Kier alpha value is -1.35. The zero-order valence-corrected chi connectivity index (χ0v) is 12.0. The van der Waals surface area contributed by atoms with E-state index in [1.165, 1.54) is 11.1 Å². The Morgan fingerprint density at radius 2 is 2.05 bits per heavy atom. The molecule has 3 nitrogen and oxygen atoms in total. The van der Waals surface area contributed by atoms with Crippen LogP contribution >= 0.6 is 0 Å². The van der Waals surface area contributed by atoms with Gasteiger partial charge in [-0.05, 0) is 55.7 Å². The first-order chi connectivity index (χ1) is 9.79. The van der Waals surface area contributed by atoms with Crippen molar-refractivity contribution in [3.05, 3.63) is 35.4 Å². The van der Waals surface area contributed by atoms with Gasteiger partial charge in [0.15, 0.2) is 0 Å². The minimum atomic E-state index is 0.133. The summed E-state index contributed by atoms with van der Waals surface area (Å²) >= 11 is 0. The van der Waals surface area contributed by atoms with E-state index in [0.717, 1.165) is 38.5 Å². The molecule has 20 heavy (non-hydrogen) atoms. The fourth-order valence-corrected chi connectivity index (χ4v) is 3.85.